The van der Waals surface area contributed by atoms with Crippen LogP contribution in [0.5, 0.6) is 11.5 Å². The van der Waals surface area contributed by atoms with Crippen molar-refractivity contribution >= 4 is 5.97 Å². The van der Waals surface area contributed by atoms with Crippen molar-refractivity contribution in [1.82, 2.24) is 0 Å². The molecule has 4 heteroatoms. The van der Waals surface area contributed by atoms with Gasteiger partial charge >= 0.3 is 5.97 Å². The van der Waals surface area contributed by atoms with Gasteiger partial charge in [0.05, 0.1) is 0 Å². The van der Waals surface area contributed by atoms with Gasteiger partial charge in [-0.2, -0.15) is 0 Å². The van der Waals surface area contributed by atoms with Crippen molar-refractivity contribution in [3.8, 4) is 11.5 Å². The smallest absolute Gasteiger partial charge is 0.345 e. The predicted octanol–water partition coefficient (Wildman–Crippen LogP) is 1.99. The molecule has 0 amide bonds. The van der Waals surface area contributed by atoms with E-state index in [4.69, 9.17) is 9.47 Å². The monoisotopic (exact) mass is 208 g/mol. The summed E-state index contributed by atoms with van der Waals surface area (Å²) in [7, 11) is 0. The number of cyclic esters (lactones) is 1. The molecule has 0 bridgehead atoms. The lowest BCUT2D eigenvalue weighted by Crippen LogP contribution is -2.38. The Morgan fingerprint density at radius 2 is 1.93 bits per heavy atom. The Morgan fingerprint density at radius 1 is 1.27 bits per heavy atom. The zero-order chi connectivity index (χ0) is 11.2. The molecule has 4 nitrogen and oxygen atoms in total. The molecule has 0 saturated carbocycles. The van der Waals surface area contributed by atoms with Crippen LogP contribution < -0.4 is 4.74 Å². The van der Waals surface area contributed by atoms with E-state index < -0.39 is 11.8 Å². The fourth-order valence-electron chi connectivity index (χ4n) is 1.49. The van der Waals surface area contributed by atoms with E-state index in [0.717, 1.165) is 0 Å². The summed E-state index contributed by atoms with van der Waals surface area (Å²) >= 11 is 0. The molecule has 0 unspecified atom stereocenters. The molecule has 1 heterocycles. The van der Waals surface area contributed by atoms with Crippen LogP contribution in [0.2, 0.25) is 0 Å². The summed E-state index contributed by atoms with van der Waals surface area (Å²) in [4.78, 5) is 11.6. The number of ether oxygens (including phenoxy) is 2. The number of carbonyl (C=O) groups excluding carboxylic acids is 1. The molecule has 0 fully saturated rings. The number of phenols is 1. The molecule has 1 aromatic carbocycles. The minimum absolute atomic E-state index is 0.110. The molecule has 0 atom stereocenters. The van der Waals surface area contributed by atoms with E-state index in [1.165, 1.54) is 6.07 Å². The maximum Gasteiger partial charge on any atom is 0.345 e. The number of hydrogen-bond donors (Lipinski definition) is 1. The van der Waals surface area contributed by atoms with Crippen molar-refractivity contribution in [2.75, 3.05) is 0 Å². The van der Waals surface area contributed by atoms with Gasteiger partial charge in [-0.25, -0.2) is 4.79 Å². The van der Waals surface area contributed by atoms with Crippen LogP contribution in [0.25, 0.3) is 0 Å². The summed E-state index contributed by atoms with van der Waals surface area (Å²) in [5.74, 6) is -0.936. The first-order valence-electron chi connectivity index (χ1n) is 4.65. The molecule has 0 spiro atoms. The first-order chi connectivity index (χ1) is 6.89. The molecule has 1 N–H and O–H groups in total. The number of rotatable bonds is 0. The van der Waals surface area contributed by atoms with Crippen LogP contribution in [-0.2, 0) is 4.74 Å². The van der Waals surface area contributed by atoms with Gasteiger partial charge in [-0.3, -0.25) is 0 Å². The fourth-order valence-corrected chi connectivity index (χ4v) is 1.49. The van der Waals surface area contributed by atoms with Gasteiger partial charge in [-0.15, -0.1) is 0 Å². The Morgan fingerprint density at radius 3 is 2.60 bits per heavy atom. The maximum absolute atomic E-state index is 11.6. The molecule has 80 valence electrons. The van der Waals surface area contributed by atoms with Crippen LogP contribution in [-0.4, -0.2) is 16.9 Å². The van der Waals surface area contributed by atoms with Crippen LogP contribution in [0.1, 0.15) is 29.8 Å². The summed E-state index contributed by atoms with van der Waals surface area (Å²) in [6.07, 6.45) is 0. The van der Waals surface area contributed by atoms with Crippen molar-refractivity contribution in [3.05, 3.63) is 23.3 Å². The minimum atomic E-state index is -0.980. The summed E-state index contributed by atoms with van der Waals surface area (Å²) < 4.78 is 10.5. The molecule has 2 rings (SSSR count). The van der Waals surface area contributed by atoms with Gasteiger partial charge in [-0.05, 0) is 18.6 Å². The normalized spacial score (nSPS) is 17.7. The molecule has 0 saturated heterocycles. The van der Waals surface area contributed by atoms with Gasteiger partial charge in [-0.1, -0.05) is 0 Å². The molecule has 0 radical (unpaired) electrons. The number of phenolic OH excluding ortho intramolecular Hbond substituents is 1. The second-order valence-corrected chi connectivity index (χ2v) is 4.03. The van der Waals surface area contributed by atoms with Crippen molar-refractivity contribution in [2.45, 2.75) is 26.6 Å². The Labute approximate surface area is 87.4 Å². The van der Waals surface area contributed by atoms with E-state index >= 15 is 0 Å². The van der Waals surface area contributed by atoms with E-state index in [1.807, 2.05) is 0 Å². The largest absolute Gasteiger partial charge is 0.508 e. The first kappa shape index (κ1) is 9.83. The minimum Gasteiger partial charge on any atom is -0.508 e. The zero-order valence-electron chi connectivity index (χ0n) is 8.83. The average Bonchev–Trinajstić information content (AvgIpc) is 2.07. The maximum atomic E-state index is 11.6. The Hall–Kier alpha value is -1.71. The number of aryl methyl sites for hydroxylation is 1. The molecular weight excluding hydrogens is 196 g/mol. The number of esters is 1. The lowest BCUT2D eigenvalue weighted by molar-refractivity contribution is -0.127. The quantitative estimate of drug-likeness (QED) is 0.662. The van der Waals surface area contributed by atoms with E-state index in [2.05, 4.69) is 0 Å². The summed E-state index contributed by atoms with van der Waals surface area (Å²) in [6, 6.07) is 3.00. The number of aromatic hydroxyl groups is 1. The van der Waals surface area contributed by atoms with E-state index in [0.29, 0.717) is 16.9 Å². The summed E-state index contributed by atoms with van der Waals surface area (Å²) in [5.41, 5.74) is 0.971. The molecule has 1 aromatic rings. The lowest BCUT2D eigenvalue weighted by Gasteiger charge is -2.31. The standard InChI is InChI=1S/C11H12O4/c1-6-4-7-9(5-8(6)12)14-11(2,3)15-10(7)13/h4-5,12H,1-3H3. The third kappa shape index (κ3) is 1.63. The third-order valence-corrected chi connectivity index (χ3v) is 2.21. The molecule has 0 aliphatic carbocycles. The highest BCUT2D eigenvalue weighted by Crippen LogP contribution is 2.35. The predicted molar refractivity (Wildman–Crippen MR) is 53.0 cm³/mol. The number of benzene rings is 1. The van der Waals surface area contributed by atoms with Crippen molar-refractivity contribution in [1.29, 1.82) is 0 Å². The topological polar surface area (TPSA) is 55.8 Å². The molecular formula is C11H12O4. The second kappa shape index (κ2) is 2.89. The highest BCUT2D eigenvalue weighted by atomic mass is 16.7. The van der Waals surface area contributed by atoms with Gasteiger partial charge in [0.15, 0.2) is 0 Å². The lowest BCUT2D eigenvalue weighted by atomic mass is 10.1. The van der Waals surface area contributed by atoms with Crippen LogP contribution in [0, 0.1) is 6.92 Å². The Bertz CT molecular complexity index is 434. The van der Waals surface area contributed by atoms with Gasteiger partial charge < -0.3 is 14.6 Å². The Kier molecular flexibility index (Phi) is 1.89. The number of hydrogen-bond acceptors (Lipinski definition) is 4. The fraction of sp³-hybridized carbons (Fsp3) is 0.364. The van der Waals surface area contributed by atoms with Crippen molar-refractivity contribution < 1.29 is 19.4 Å². The average molecular weight is 208 g/mol. The van der Waals surface area contributed by atoms with E-state index in [-0.39, 0.29) is 5.75 Å². The summed E-state index contributed by atoms with van der Waals surface area (Å²) in [6.45, 7) is 5.00. The van der Waals surface area contributed by atoms with Crippen LogP contribution >= 0.6 is 0 Å². The van der Waals surface area contributed by atoms with E-state index in [1.54, 1.807) is 26.8 Å². The van der Waals surface area contributed by atoms with Gasteiger partial charge in [0.2, 0.25) is 5.79 Å². The number of carbonyl (C=O) groups is 1. The highest BCUT2D eigenvalue weighted by Gasteiger charge is 2.34. The zero-order valence-corrected chi connectivity index (χ0v) is 8.83. The van der Waals surface area contributed by atoms with E-state index in [9.17, 15) is 9.90 Å². The van der Waals surface area contributed by atoms with Crippen LogP contribution in [0.4, 0.5) is 0 Å². The third-order valence-electron chi connectivity index (χ3n) is 2.21. The summed E-state index contributed by atoms with van der Waals surface area (Å²) in [5, 5.41) is 9.50. The molecule has 15 heavy (non-hydrogen) atoms. The van der Waals surface area contributed by atoms with Gasteiger partial charge in [0.1, 0.15) is 17.1 Å². The van der Waals surface area contributed by atoms with Crippen molar-refractivity contribution in [3.63, 3.8) is 0 Å². The second-order valence-electron chi connectivity index (χ2n) is 4.03. The van der Waals surface area contributed by atoms with Gasteiger partial charge in [0.25, 0.3) is 0 Å². The number of fused-ring (bicyclic) bond motifs is 1. The Balaban J connectivity index is 2.56. The first-order valence-corrected chi connectivity index (χ1v) is 4.65. The van der Waals surface area contributed by atoms with Crippen LogP contribution in [0.3, 0.4) is 0 Å². The van der Waals surface area contributed by atoms with Crippen molar-refractivity contribution in [2.24, 2.45) is 0 Å². The van der Waals surface area contributed by atoms with Crippen LogP contribution in [0.15, 0.2) is 12.1 Å². The SMILES string of the molecule is Cc1cc2c(cc1O)OC(C)(C)OC2=O. The molecule has 1 aliphatic heterocycles. The van der Waals surface area contributed by atoms with Gasteiger partial charge in [0, 0.05) is 19.9 Å². The molecule has 0 aromatic heterocycles. The highest BCUT2D eigenvalue weighted by molar-refractivity contribution is 5.94. The molecule has 1 aliphatic rings.